The molecule has 1 aliphatic heterocycles. The van der Waals surface area contributed by atoms with Crippen LogP contribution in [0.2, 0.25) is 0 Å². The summed E-state index contributed by atoms with van der Waals surface area (Å²) in [5, 5.41) is 10.8. The van der Waals surface area contributed by atoms with Crippen LogP contribution in [-0.2, 0) is 18.9 Å². The Labute approximate surface area is 132 Å². The van der Waals surface area contributed by atoms with E-state index in [-0.39, 0.29) is 36.9 Å². The molecule has 22 heavy (non-hydrogen) atoms. The molecule has 1 heterocycles. The van der Waals surface area contributed by atoms with Crippen molar-refractivity contribution in [2.45, 2.75) is 57.5 Å². The van der Waals surface area contributed by atoms with Crippen molar-refractivity contribution in [2.75, 3.05) is 25.7 Å². The summed E-state index contributed by atoms with van der Waals surface area (Å²) in [7, 11) is -1.17. The van der Waals surface area contributed by atoms with Crippen molar-refractivity contribution in [3.63, 3.8) is 0 Å². The molecule has 1 fully saturated rings. The first-order valence-corrected chi connectivity index (χ1v) is 9.97. The van der Waals surface area contributed by atoms with Crippen molar-refractivity contribution < 1.29 is 24.0 Å². The lowest BCUT2D eigenvalue weighted by molar-refractivity contribution is -0.177. The van der Waals surface area contributed by atoms with E-state index >= 15 is 0 Å². The van der Waals surface area contributed by atoms with Crippen LogP contribution in [0.5, 0.6) is 0 Å². The molecule has 0 amide bonds. The first kappa shape index (κ1) is 19.5. The molecule has 0 spiro atoms. The minimum absolute atomic E-state index is 0.00593. The van der Waals surface area contributed by atoms with Gasteiger partial charge in [-0.05, 0) is 27.3 Å². The zero-order valence-corrected chi connectivity index (χ0v) is 14.8. The zero-order valence-electron chi connectivity index (χ0n) is 13.9. The van der Waals surface area contributed by atoms with Crippen LogP contribution >= 0.6 is 7.14 Å². The quantitative estimate of drug-likeness (QED) is 0.533. The van der Waals surface area contributed by atoms with Gasteiger partial charge in [0.2, 0.25) is 0 Å². The van der Waals surface area contributed by atoms with Crippen molar-refractivity contribution in [1.29, 1.82) is 0 Å². The van der Waals surface area contributed by atoms with Crippen LogP contribution in [0.1, 0.15) is 33.6 Å². The van der Waals surface area contributed by atoms with Gasteiger partial charge in [-0.3, -0.25) is 4.90 Å². The van der Waals surface area contributed by atoms with Crippen LogP contribution in [0.4, 0.5) is 0 Å². The molecule has 0 radical (unpaired) electrons. The topological polar surface area (TPSA) is 83.9 Å². The van der Waals surface area contributed by atoms with Gasteiger partial charge in [0.1, 0.15) is 19.7 Å². The summed E-state index contributed by atoms with van der Waals surface area (Å²) in [6.45, 7) is 5.67. The fraction of sp³-hybridized carbons (Fsp3) is 0.867. The largest absolute Gasteiger partial charge is 0.388 e. The van der Waals surface area contributed by atoms with E-state index in [1.807, 2.05) is 13.8 Å². The highest BCUT2D eigenvalue weighted by Crippen LogP contribution is 2.46. The smallest absolute Gasteiger partial charge is 0.127 e. The Bertz CT molecular complexity index is 426. The third-order valence-corrected chi connectivity index (χ3v) is 6.95. The predicted octanol–water partition coefficient (Wildman–Crippen LogP) is 1.34. The van der Waals surface area contributed by atoms with Crippen molar-refractivity contribution in [2.24, 2.45) is 0 Å². The van der Waals surface area contributed by atoms with E-state index < -0.39 is 12.7 Å². The molecule has 0 aromatic carbocycles. The van der Waals surface area contributed by atoms with Crippen LogP contribution in [0, 0.1) is 0 Å². The monoisotopic (exact) mass is 333 g/mol. The number of rotatable bonds is 8. The van der Waals surface area contributed by atoms with E-state index in [4.69, 9.17) is 4.74 Å². The lowest BCUT2D eigenvalue weighted by atomic mass is 9.83. The van der Waals surface area contributed by atoms with E-state index in [9.17, 15) is 19.3 Å². The van der Waals surface area contributed by atoms with Crippen LogP contribution in [0.15, 0.2) is 0 Å². The second kappa shape index (κ2) is 7.82. The van der Waals surface area contributed by atoms with E-state index in [1.165, 1.54) is 0 Å². The molecular weight excluding hydrogens is 305 g/mol. The van der Waals surface area contributed by atoms with Gasteiger partial charge in [0, 0.05) is 6.42 Å². The Kier molecular flexibility index (Phi) is 6.93. The summed E-state index contributed by atoms with van der Waals surface area (Å²) in [6, 6.07) is -0.332. The third kappa shape index (κ3) is 4.72. The van der Waals surface area contributed by atoms with Crippen molar-refractivity contribution in [3.05, 3.63) is 0 Å². The Morgan fingerprint density at radius 3 is 2.32 bits per heavy atom. The maximum absolute atomic E-state index is 12.7. The number of carbonyl (C=O) groups is 2. The number of ether oxygens (including phenoxy) is 1. The minimum atomic E-state index is -2.92. The number of nitrogens with zero attached hydrogens (tertiary/aromatic N) is 1. The molecule has 4 atom stereocenters. The van der Waals surface area contributed by atoms with Crippen LogP contribution < -0.4 is 0 Å². The molecule has 1 rings (SSSR count). The Balaban J connectivity index is 2.90. The molecule has 1 aliphatic rings. The minimum Gasteiger partial charge on any atom is -0.388 e. The number of likely N-dealkylation sites (N-methyl/N-ethyl adjacent to an activating group) is 1. The SMILES string of the molecule is CCC1CC(C)(O)C(N(C)CP(=O)(CC=O)CC=O)C(C)O1. The van der Waals surface area contributed by atoms with E-state index in [0.717, 1.165) is 6.42 Å². The van der Waals surface area contributed by atoms with Gasteiger partial charge in [-0.15, -0.1) is 0 Å². The average molecular weight is 333 g/mol. The highest BCUT2D eigenvalue weighted by Gasteiger charge is 2.46. The lowest BCUT2D eigenvalue weighted by Gasteiger charge is -2.49. The number of hydrogen-bond donors (Lipinski definition) is 1. The molecule has 0 aromatic rings. The molecule has 7 heteroatoms. The Morgan fingerprint density at radius 2 is 1.91 bits per heavy atom. The normalized spacial score (nSPS) is 32.9. The van der Waals surface area contributed by atoms with Crippen LogP contribution in [0.3, 0.4) is 0 Å². The Morgan fingerprint density at radius 1 is 1.36 bits per heavy atom. The summed E-state index contributed by atoms with van der Waals surface area (Å²) >= 11 is 0. The summed E-state index contributed by atoms with van der Waals surface area (Å²) in [4.78, 5) is 23.3. The van der Waals surface area contributed by atoms with Crippen molar-refractivity contribution in [1.82, 2.24) is 4.90 Å². The summed E-state index contributed by atoms with van der Waals surface area (Å²) in [5.41, 5.74) is -0.972. The molecule has 128 valence electrons. The standard InChI is InChI=1S/C15H28NO5P/c1-5-13-10-15(3,19)14(12(2)21-13)16(4)11-22(20,8-6-17)9-7-18/h6-7,12-14,19H,5,8-11H2,1-4H3. The third-order valence-electron chi connectivity index (χ3n) is 4.36. The van der Waals surface area contributed by atoms with Gasteiger partial charge in [-0.25, -0.2) is 0 Å². The van der Waals surface area contributed by atoms with E-state index in [2.05, 4.69) is 0 Å². The molecular formula is C15H28NO5P. The number of aliphatic hydroxyl groups is 1. The molecule has 6 nitrogen and oxygen atoms in total. The van der Waals surface area contributed by atoms with Gasteiger partial charge in [0.05, 0.1) is 42.5 Å². The van der Waals surface area contributed by atoms with E-state index in [0.29, 0.717) is 19.0 Å². The summed E-state index contributed by atoms with van der Waals surface area (Å²) in [5.74, 6) is 0. The molecule has 0 aliphatic carbocycles. The molecule has 1 N–H and O–H groups in total. The number of hydrogen-bond acceptors (Lipinski definition) is 6. The van der Waals surface area contributed by atoms with E-state index in [1.54, 1.807) is 18.9 Å². The van der Waals surface area contributed by atoms with Gasteiger partial charge in [-0.2, -0.15) is 0 Å². The van der Waals surface area contributed by atoms with Gasteiger partial charge >= 0.3 is 0 Å². The highest BCUT2D eigenvalue weighted by atomic mass is 31.2. The number of carbonyl (C=O) groups excluding carboxylic acids is 2. The molecule has 0 bridgehead atoms. The van der Waals surface area contributed by atoms with Crippen LogP contribution in [0.25, 0.3) is 0 Å². The fourth-order valence-electron chi connectivity index (χ4n) is 3.54. The van der Waals surface area contributed by atoms with Gasteiger partial charge in [0.15, 0.2) is 0 Å². The second-order valence-corrected chi connectivity index (χ2v) is 9.66. The molecule has 0 saturated carbocycles. The number of aldehydes is 2. The fourth-order valence-corrected chi connectivity index (χ4v) is 5.46. The van der Waals surface area contributed by atoms with Gasteiger partial charge in [0.25, 0.3) is 0 Å². The molecule has 4 unspecified atom stereocenters. The van der Waals surface area contributed by atoms with Crippen LogP contribution in [-0.4, -0.2) is 72.1 Å². The average Bonchev–Trinajstić information content (AvgIpc) is 2.36. The first-order valence-electron chi connectivity index (χ1n) is 7.71. The maximum atomic E-state index is 12.7. The second-order valence-electron chi connectivity index (χ2n) is 6.53. The summed E-state index contributed by atoms with van der Waals surface area (Å²) in [6.07, 6.45) is 2.21. The first-order chi connectivity index (χ1) is 10.2. The van der Waals surface area contributed by atoms with Gasteiger partial charge < -0.3 is 24.0 Å². The Hall–Kier alpha value is -0.550. The van der Waals surface area contributed by atoms with Gasteiger partial charge in [-0.1, -0.05) is 6.92 Å². The molecule has 0 aromatic heterocycles. The van der Waals surface area contributed by atoms with Crippen molar-refractivity contribution >= 4 is 19.7 Å². The molecule has 1 saturated heterocycles. The highest BCUT2D eigenvalue weighted by molar-refractivity contribution is 7.65. The maximum Gasteiger partial charge on any atom is 0.127 e. The predicted molar refractivity (Wildman–Crippen MR) is 85.8 cm³/mol. The van der Waals surface area contributed by atoms with Crippen molar-refractivity contribution in [3.8, 4) is 0 Å². The zero-order chi connectivity index (χ0) is 17.0. The lowest BCUT2D eigenvalue weighted by Crippen LogP contribution is -2.61. The summed E-state index contributed by atoms with van der Waals surface area (Å²) < 4.78 is 18.6.